The summed E-state index contributed by atoms with van der Waals surface area (Å²) in [6, 6.07) is 3.77. The molecule has 1 heterocycles. The maximum Gasteiger partial charge on any atom is 0.342 e. The summed E-state index contributed by atoms with van der Waals surface area (Å²) < 4.78 is 34.0. The molecule has 1 saturated heterocycles. The van der Waals surface area contributed by atoms with E-state index in [2.05, 4.69) is 0 Å². The molecule has 0 aromatic heterocycles. The number of esters is 1. The number of methoxy groups -OCH3 is 1. The van der Waals surface area contributed by atoms with Gasteiger partial charge in [-0.1, -0.05) is 19.3 Å². The first-order valence-corrected chi connectivity index (χ1v) is 11.7. The average Bonchev–Trinajstić information content (AvgIpc) is 3.06. The van der Waals surface area contributed by atoms with Crippen molar-refractivity contribution in [2.24, 2.45) is 0 Å². The first-order chi connectivity index (χ1) is 13.8. The molecule has 2 fully saturated rings. The van der Waals surface area contributed by atoms with Gasteiger partial charge in [-0.05, 0) is 31.4 Å². The van der Waals surface area contributed by atoms with Crippen LogP contribution in [0.3, 0.4) is 0 Å². The Balaban J connectivity index is 1.68. The van der Waals surface area contributed by atoms with Gasteiger partial charge in [0.2, 0.25) is 0 Å². The Kier molecular flexibility index (Phi) is 6.66. The van der Waals surface area contributed by atoms with E-state index in [1.807, 2.05) is 0 Å². The number of sulfone groups is 1. The molecule has 1 aliphatic heterocycles. The van der Waals surface area contributed by atoms with E-state index in [0.29, 0.717) is 12.2 Å². The third-order valence-corrected chi connectivity index (χ3v) is 7.36. The molecule has 8 nitrogen and oxygen atoms in total. The Morgan fingerprint density at radius 2 is 1.86 bits per heavy atom. The van der Waals surface area contributed by atoms with E-state index in [1.165, 1.54) is 25.3 Å². The summed E-state index contributed by atoms with van der Waals surface area (Å²) in [7, 11) is -1.71. The lowest BCUT2D eigenvalue weighted by molar-refractivity contribution is -0.140. The maximum atomic E-state index is 12.9. The van der Waals surface area contributed by atoms with Crippen molar-refractivity contribution in [2.75, 3.05) is 25.2 Å². The highest BCUT2D eigenvalue weighted by Gasteiger charge is 2.38. The second-order valence-corrected chi connectivity index (χ2v) is 9.84. The van der Waals surface area contributed by atoms with Gasteiger partial charge in [0, 0.05) is 18.2 Å². The fraction of sp³-hybridized carbons (Fsp3) is 0.600. The van der Waals surface area contributed by atoms with Crippen molar-refractivity contribution in [3.05, 3.63) is 23.8 Å². The van der Waals surface area contributed by atoms with Crippen molar-refractivity contribution >= 4 is 21.7 Å². The smallest absolute Gasteiger partial charge is 0.342 e. The van der Waals surface area contributed by atoms with Gasteiger partial charge < -0.3 is 19.5 Å². The van der Waals surface area contributed by atoms with Crippen LogP contribution in [0.2, 0.25) is 0 Å². The third-order valence-electron chi connectivity index (χ3n) is 5.61. The van der Waals surface area contributed by atoms with Gasteiger partial charge >= 0.3 is 5.97 Å². The zero-order valence-electron chi connectivity index (χ0n) is 16.5. The molecule has 1 unspecified atom stereocenters. The molecule has 1 aromatic carbocycles. The number of carbonyl (C=O) groups is 2. The molecular weight excluding hydrogens is 398 g/mol. The van der Waals surface area contributed by atoms with Crippen LogP contribution in [-0.2, 0) is 19.4 Å². The van der Waals surface area contributed by atoms with E-state index in [-0.39, 0.29) is 40.8 Å². The number of ether oxygens (including phenoxy) is 2. The topological polar surface area (TPSA) is 110 Å². The van der Waals surface area contributed by atoms with E-state index in [1.54, 1.807) is 4.90 Å². The summed E-state index contributed by atoms with van der Waals surface area (Å²) in [4.78, 5) is 26.9. The zero-order chi connectivity index (χ0) is 21.0. The number of phenols is 1. The zero-order valence-corrected chi connectivity index (χ0v) is 17.3. The number of phenolic OH excluding ortho intramolecular Hbond substituents is 1. The van der Waals surface area contributed by atoms with Crippen molar-refractivity contribution < 1.29 is 32.6 Å². The van der Waals surface area contributed by atoms with Crippen molar-refractivity contribution in [3.63, 3.8) is 0 Å². The van der Waals surface area contributed by atoms with Gasteiger partial charge in [0.15, 0.2) is 16.4 Å². The Bertz CT molecular complexity index is 862. The molecule has 1 aliphatic carbocycles. The number of amides is 1. The molecule has 0 spiro atoms. The SMILES string of the molecule is COc1ccc(C(=O)OCC(=O)N(C2CCCCC2)C2CCS(=O)(=O)C2)c(O)c1. The summed E-state index contributed by atoms with van der Waals surface area (Å²) in [5, 5.41) is 9.96. The summed E-state index contributed by atoms with van der Waals surface area (Å²) in [5.74, 6) is -1.08. The minimum Gasteiger partial charge on any atom is -0.507 e. The number of benzene rings is 1. The van der Waals surface area contributed by atoms with Crippen molar-refractivity contribution in [1.82, 2.24) is 4.90 Å². The van der Waals surface area contributed by atoms with Crippen LogP contribution in [0, 0.1) is 0 Å². The first-order valence-electron chi connectivity index (χ1n) is 9.86. The number of hydrogen-bond acceptors (Lipinski definition) is 7. The lowest BCUT2D eigenvalue weighted by Gasteiger charge is -2.38. The molecule has 2 aliphatic rings. The van der Waals surface area contributed by atoms with E-state index in [9.17, 15) is 23.1 Å². The van der Waals surface area contributed by atoms with Gasteiger partial charge in [0.25, 0.3) is 5.91 Å². The molecule has 160 valence electrons. The molecular formula is C20H27NO7S. The average molecular weight is 426 g/mol. The lowest BCUT2D eigenvalue weighted by Crippen LogP contribution is -2.50. The largest absolute Gasteiger partial charge is 0.507 e. The summed E-state index contributed by atoms with van der Waals surface area (Å²) in [6.07, 6.45) is 5.16. The van der Waals surface area contributed by atoms with Gasteiger partial charge in [-0.2, -0.15) is 0 Å². The second-order valence-electron chi connectivity index (χ2n) is 7.61. The first kappa shape index (κ1) is 21.4. The van der Waals surface area contributed by atoms with Gasteiger partial charge in [-0.3, -0.25) is 4.79 Å². The Hall–Kier alpha value is -2.29. The van der Waals surface area contributed by atoms with Crippen molar-refractivity contribution in [2.45, 2.75) is 50.6 Å². The van der Waals surface area contributed by atoms with E-state index >= 15 is 0 Å². The Labute approximate surface area is 170 Å². The van der Waals surface area contributed by atoms with Gasteiger partial charge in [0.1, 0.15) is 17.1 Å². The number of hydrogen-bond donors (Lipinski definition) is 1. The highest BCUT2D eigenvalue weighted by Crippen LogP contribution is 2.29. The maximum absolute atomic E-state index is 12.9. The molecule has 1 atom stereocenters. The normalized spacial score (nSPS) is 21.5. The summed E-state index contributed by atoms with van der Waals surface area (Å²) >= 11 is 0. The highest BCUT2D eigenvalue weighted by atomic mass is 32.2. The minimum atomic E-state index is -3.15. The fourth-order valence-corrected chi connectivity index (χ4v) is 5.86. The lowest BCUT2D eigenvalue weighted by atomic mass is 9.93. The quantitative estimate of drug-likeness (QED) is 0.693. The molecule has 1 saturated carbocycles. The van der Waals surface area contributed by atoms with Gasteiger partial charge in [0.05, 0.1) is 18.6 Å². The van der Waals surface area contributed by atoms with Crippen molar-refractivity contribution in [1.29, 1.82) is 0 Å². The molecule has 1 N–H and O–H groups in total. The van der Waals surface area contributed by atoms with Crippen LogP contribution in [0.4, 0.5) is 0 Å². The molecule has 1 amide bonds. The molecule has 0 radical (unpaired) electrons. The number of aromatic hydroxyl groups is 1. The van der Waals surface area contributed by atoms with Gasteiger partial charge in [-0.25, -0.2) is 13.2 Å². The van der Waals surface area contributed by atoms with Crippen LogP contribution in [0.1, 0.15) is 48.9 Å². The van der Waals surface area contributed by atoms with Crippen LogP contribution in [-0.4, -0.2) is 67.6 Å². The van der Waals surface area contributed by atoms with E-state index in [4.69, 9.17) is 9.47 Å². The standard InChI is InChI=1S/C20H27NO7S/c1-27-16-7-8-17(18(22)11-16)20(24)28-12-19(23)21(14-5-3-2-4-6-14)15-9-10-29(25,26)13-15/h7-8,11,14-15,22H,2-6,9-10,12-13H2,1H3. The Morgan fingerprint density at radius 1 is 1.14 bits per heavy atom. The predicted molar refractivity (Wildman–Crippen MR) is 106 cm³/mol. The van der Waals surface area contributed by atoms with E-state index in [0.717, 1.165) is 32.1 Å². The molecule has 9 heteroatoms. The highest BCUT2D eigenvalue weighted by molar-refractivity contribution is 7.91. The summed E-state index contributed by atoms with van der Waals surface area (Å²) in [5.41, 5.74) is -0.0636. The van der Waals surface area contributed by atoms with Crippen LogP contribution < -0.4 is 4.74 Å². The van der Waals surface area contributed by atoms with Crippen LogP contribution >= 0.6 is 0 Å². The van der Waals surface area contributed by atoms with Crippen LogP contribution in [0.25, 0.3) is 0 Å². The van der Waals surface area contributed by atoms with E-state index < -0.39 is 22.4 Å². The third kappa shape index (κ3) is 5.20. The monoisotopic (exact) mass is 425 g/mol. The second kappa shape index (κ2) is 9.02. The number of rotatable bonds is 6. The molecule has 29 heavy (non-hydrogen) atoms. The minimum absolute atomic E-state index is 0.0253. The summed E-state index contributed by atoms with van der Waals surface area (Å²) in [6.45, 7) is -0.489. The fourth-order valence-electron chi connectivity index (χ4n) is 4.15. The Morgan fingerprint density at radius 3 is 2.45 bits per heavy atom. The molecule has 3 rings (SSSR count). The van der Waals surface area contributed by atoms with Crippen LogP contribution in [0.5, 0.6) is 11.5 Å². The van der Waals surface area contributed by atoms with Gasteiger partial charge in [-0.15, -0.1) is 0 Å². The van der Waals surface area contributed by atoms with Crippen LogP contribution in [0.15, 0.2) is 18.2 Å². The molecule has 1 aromatic rings. The predicted octanol–water partition coefficient (Wildman–Crippen LogP) is 1.91. The molecule has 0 bridgehead atoms. The van der Waals surface area contributed by atoms with Crippen molar-refractivity contribution in [3.8, 4) is 11.5 Å². The number of nitrogens with zero attached hydrogens (tertiary/aromatic N) is 1. The number of carbonyl (C=O) groups excluding carboxylic acids is 2.